The van der Waals surface area contributed by atoms with E-state index in [0.29, 0.717) is 5.69 Å². The van der Waals surface area contributed by atoms with Crippen molar-refractivity contribution >= 4 is 5.95 Å². The molecule has 0 bridgehead atoms. The van der Waals surface area contributed by atoms with Crippen LogP contribution in [0.25, 0.3) is 5.82 Å². The van der Waals surface area contributed by atoms with Crippen molar-refractivity contribution in [3.8, 4) is 5.82 Å². The highest BCUT2D eigenvalue weighted by Crippen LogP contribution is 2.34. The van der Waals surface area contributed by atoms with Crippen LogP contribution in [-0.4, -0.2) is 38.8 Å². The zero-order valence-corrected chi connectivity index (χ0v) is 15.3. The summed E-state index contributed by atoms with van der Waals surface area (Å²) < 4.78 is 71.4. The van der Waals surface area contributed by atoms with E-state index in [1.165, 1.54) is 13.2 Å². The molecule has 2 aromatic heterocycles. The average Bonchev–Trinajstić information content (AvgIpc) is 3.13. The molecular weight excluding hydrogens is 385 g/mol. The molecule has 6 nitrogen and oxygen atoms in total. The lowest BCUT2D eigenvalue weighted by Gasteiger charge is -2.29. The number of anilines is 1. The third kappa shape index (κ3) is 4.75. The van der Waals surface area contributed by atoms with Gasteiger partial charge in [0, 0.05) is 38.3 Å². The molecule has 1 fully saturated rings. The SMILES string of the molecule is COC(C)c1cc(-n2ccc(C(F)(F)F)n2)nc(NC2CCC(F)(F)CC2)n1. The molecule has 3 rings (SSSR count). The van der Waals surface area contributed by atoms with Crippen molar-refractivity contribution < 1.29 is 26.7 Å². The Balaban J connectivity index is 1.88. The zero-order chi connectivity index (χ0) is 20.5. The summed E-state index contributed by atoms with van der Waals surface area (Å²) in [4.78, 5) is 8.53. The lowest BCUT2D eigenvalue weighted by molar-refractivity contribution is -0.141. The summed E-state index contributed by atoms with van der Waals surface area (Å²) >= 11 is 0. The predicted molar refractivity (Wildman–Crippen MR) is 90.4 cm³/mol. The van der Waals surface area contributed by atoms with Crippen LogP contribution in [0.4, 0.5) is 27.9 Å². The van der Waals surface area contributed by atoms with Gasteiger partial charge in [0.25, 0.3) is 0 Å². The number of nitrogens with one attached hydrogen (secondary N) is 1. The van der Waals surface area contributed by atoms with E-state index in [-0.39, 0.29) is 43.5 Å². The standard InChI is InChI=1S/C17H20F5N5O/c1-10(28-2)12-9-14(27-8-5-13(26-27)17(20,21)22)25-15(24-12)23-11-3-6-16(18,19)7-4-11/h5,8-11H,3-4,6-7H2,1-2H3,(H,23,24,25). The minimum Gasteiger partial charge on any atom is -0.375 e. The van der Waals surface area contributed by atoms with Crippen molar-refractivity contribution in [1.82, 2.24) is 19.7 Å². The third-order valence-corrected chi connectivity index (χ3v) is 4.67. The molecule has 1 aliphatic rings. The van der Waals surface area contributed by atoms with E-state index in [9.17, 15) is 22.0 Å². The van der Waals surface area contributed by atoms with Gasteiger partial charge in [-0.2, -0.15) is 23.3 Å². The lowest BCUT2D eigenvalue weighted by Crippen LogP contribution is -2.32. The quantitative estimate of drug-likeness (QED) is 0.748. The minimum absolute atomic E-state index is 0.119. The zero-order valence-electron chi connectivity index (χ0n) is 15.3. The van der Waals surface area contributed by atoms with Crippen molar-refractivity contribution in [1.29, 1.82) is 0 Å². The summed E-state index contributed by atoms with van der Waals surface area (Å²) in [5, 5.41) is 6.53. The van der Waals surface area contributed by atoms with Crippen molar-refractivity contribution in [2.24, 2.45) is 0 Å². The second kappa shape index (κ2) is 7.61. The second-order valence-electron chi connectivity index (χ2n) is 6.77. The first-order chi connectivity index (χ1) is 13.1. The first kappa shape index (κ1) is 20.4. The smallest absolute Gasteiger partial charge is 0.375 e. The van der Waals surface area contributed by atoms with E-state index in [1.54, 1.807) is 6.92 Å². The summed E-state index contributed by atoms with van der Waals surface area (Å²) in [6.07, 6.45) is -3.85. The molecule has 11 heteroatoms. The fraction of sp³-hybridized carbons (Fsp3) is 0.588. The van der Waals surface area contributed by atoms with Crippen LogP contribution in [0.5, 0.6) is 0 Å². The number of nitrogens with zero attached hydrogens (tertiary/aromatic N) is 4. The molecular formula is C17H20F5N5O. The fourth-order valence-electron chi connectivity index (χ4n) is 2.93. The van der Waals surface area contributed by atoms with Crippen LogP contribution >= 0.6 is 0 Å². The molecule has 1 unspecified atom stereocenters. The minimum atomic E-state index is -4.57. The van der Waals surface area contributed by atoms with E-state index in [1.807, 2.05) is 0 Å². The van der Waals surface area contributed by atoms with Gasteiger partial charge in [0.1, 0.15) is 0 Å². The van der Waals surface area contributed by atoms with Gasteiger partial charge in [0.05, 0.1) is 11.8 Å². The highest BCUT2D eigenvalue weighted by molar-refractivity contribution is 5.36. The first-order valence-electron chi connectivity index (χ1n) is 8.77. The summed E-state index contributed by atoms with van der Waals surface area (Å²) in [6, 6.07) is 2.07. The maximum Gasteiger partial charge on any atom is 0.435 e. The van der Waals surface area contributed by atoms with E-state index in [2.05, 4.69) is 20.4 Å². The van der Waals surface area contributed by atoms with E-state index in [0.717, 1.165) is 16.9 Å². The molecule has 1 atom stereocenters. The van der Waals surface area contributed by atoms with Crippen molar-refractivity contribution in [2.75, 3.05) is 12.4 Å². The van der Waals surface area contributed by atoms with Crippen LogP contribution < -0.4 is 5.32 Å². The summed E-state index contributed by atoms with van der Waals surface area (Å²) in [5.41, 5.74) is -0.614. The molecule has 0 radical (unpaired) electrons. The molecule has 2 heterocycles. The summed E-state index contributed by atoms with van der Waals surface area (Å²) in [5.74, 6) is -2.41. The number of alkyl halides is 5. The largest absolute Gasteiger partial charge is 0.435 e. The van der Waals surface area contributed by atoms with Crippen LogP contribution in [0.2, 0.25) is 0 Å². The number of hydrogen-bond acceptors (Lipinski definition) is 5. The Morgan fingerprint density at radius 1 is 1.25 bits per heavy atom. The van der Waals surface area contributed by atoms with Crippen LogP contribution in [0.3, 0.4) is 0 Å². The molecule has 0 aliphatic heterocycles. The highest BCUT2D eigenvalue weighted by Gasteiger charge is 2.35. The molecule has 1 aliphatic carbocycles. The molecule has 0 spiro atoms. The van der Waals surface area contributed by atoms with Crippen molar-refractivity contribution in [3.63, 3.8) is 0 Å². The van der Waals surface area contributed by atoms with Gasteiger partial charge >= 0.3 is 6.18 Å². The Labute approximate surface area is 158 Å². The van der Waals surface area contributed by atoms with Gasteiger partial charge in [-0.1, -0.05) is 0 Å². The number of rotatable bonds is 5. The van der Waals surface area contributed by atoms with Crippen molar-refractivity contribution in [2.45, 2.75) is 56.9 Å². The molecule has 1 N–H and O–H groups in total. The average molecular weight is 405 g/mol. The molecule has 0 saturated heterocycles. The van der Waals surface area contributed by atoms with Gasteiger partial charge in [0.2, 0.25) is 11.9 Å². The maximum absolute atomic E-state index is 13.3. The number of methoxy groups -OCH3 is 1. The normalized spacial score (nSPS) is 18.8. The van der Waals surface area contributed by atoms with E-state index >= 15 is 0 Å². The van der Waals surface area contributed by atoms with Gasteiger partial charge in [-0.15, -0.1) is 0 Å². The predicted octanol–water partition coefficient (Wildman–Crippen LogP) is 4.38. The number of ether oxygens (including phenoxy) is 1. The third-order valence-electron chi connectivity index (χ3n) is 4.67. The van der Waals surface area contributed by atoms with Crippen LogP contribution in [0.1, 0.15) is 50.1 Å². The summed E-state index contributed by atoms with van der Waals surface area (Å²) in [6.45, 7) is 1.72. The van der Waals surface area contributed by atoms with Crippen molar-refractivity contribution in [3.05, 3.63) is 29.7 Å². The van der Waals surface area contributed by atoms with Gasteiger partial charge in [-0.3, -0.25) is 0 Å². The van der Waals surface area contributed by atoms with Gasteiger partial charge in [-0.05, 0) is 25.8 Å². The van der Waals surface area contributed by atoms with Crippen LogP contribution in [-0.2, 0) is 10.9 Å². The number of aromatic nitrogens is 4. The first-order valence-corrected chi connectivity index (χ1v) is 8.77. The lowest BCUT2D eigenvalue weighted by atomic mass is 9.92. The topological polar surface area (TPSA) is 64.9 Å². The Hall–Kier alpha value is -2.30. The van der Waals surface area contributed by atoms with E-state index in [4.69, 9.17) is 4.74 Å². The number of halogens is 5. The van der Waals surface area contributed by atoms with Crippen LogP contribution in [0.15, 0.2) is 18.3 Å². The fourth-order valence-corrected chi connectivity index (χ4v) is 2.93. The molecule has 154 valence electrons. The van der Waals surface area contributed by atoms with E-state index < -0.39 is 23.9 Å². The van der Waals surface area contributed by atoms with Gasteiger partial charge in [-0.25, -0.2) is 18.4 Å². The molecule has 2 aromatic rings. The Morgan fingerprint density at radius 3 is 2.50 bits per heavy atom. The number of hydrogen-bond donors (Lipinski definition) is 1. The van der Waals surface area contributed by atoms with Crippen LogP contribution in [0, 0.1) is 0 Å². The monoisotopic (exact) mass is 405 g/mol. The maximum atomic E-state index is 13.3. The highest BCUT2D eigenvalue weighted by atomic mass is 19.4. The summed E-state index contributed by atoms with van der Waals surface area (Å²) in [7, 11) is 1.47. The molecule has 0 amide bonds. The Kier molecular flexibility index (Phi) is 5.55. The molecule has 0 aromatic carbocycles. The Bertz CT molecular complexity index is 813. The molecule has 1 saturated carbocycles. The van der Waals surface area contributed by atoms with Gasteiger partial charge < -0.3 is 10.1 Å². The van der Waals surface area contributed by atoms with Gasteiger partial charge in [0.15, 0.2) is 11.5 Å². The molecule has 28 heavy (non-hydrogen) atoms. The Morgan fingerprint density at radius 2 is 1.93 bits per heavy atom. The second-order valence-corrected chi connectivity index (χ2v) is 6.77.